The van der Waals surface area contributed by atoms with Crippen molar-refractivity contribution in [3.05, 3.63) is 28.1 Å². The van der Waals surface area contributed by atoms with Crippen LogP contribution in [0.25, 0.3) is 11.1 Å². The fourth-order valence-electron chi connectivity index (χ4n) is 1.23. The van der Waals surface area contributed by atoms with Crippen LogP contribution < -0.4 is 5.32 Å². The highest BCUT2D eigenvalue weighted by molar-refractivity contribution is 6.37. The van der Waals surface area contributed by atoms with Gasteiger partial charge >= 0.3 is 0 Å². The lowest BCUT2D eigenvalue weighted by atomic mass is 10.3. The molecule has 0 unspecified atom stereocenters. The van der Waals surface area contributed by atoms with E-state index in [1.54, 1.807) is 12.1 Å². The number of hydrogen-bond donors (Lipinski definition) is 1. The number of halogens is 2. The van der Waals surface area contributed by atoms with E-state index < -0.39 is 0 Å². The summed E-state index contributed by atoms with van der Waals surface area (Å²) in [6.45, 7) is 0.572. The van der Waals surface area contributed by atoms with Crippen LogP contribution in [0.3, 0.4) is 0 Å². The smallest absolute Gasteiger partial charge is 0.209 e. The molecule has 1 N–H and O–H groups in total. The van der Waals surface area contributed by atoms with Gasteiger partial charge in [-0.3, -0.25) is 0 Å². The Morgan fingerprint density at radius 3 is 2.93 bits per heavy atom. The third-order valence-corrected chi connectivity index (χ3v) is 2.28. The van der Waals surface area contributed by atoms with Gasteiger partial charge in [0.05, 0.1) is 11.6 Å². The summed E-state index contributed by atoms with van der Waals surface area (Å²) in [6, 6.07) is 3.37. The van der Waals surface area contributed by atoms with Gasteiger partial charge < -0.3 is 9.73 Å². The van der Waals surface area contributed by atoms with Gasteiger partial charge in [-0.1, -0.05) is 23.2 Å². The monoisotopic (exact) mass is 230 g/mol. The van der Waals surface area contributed by atoms with Crippen LogP contribution >= 0.6 is 23.2 Å². The summed E-state index contributed by atoms with van der Waals surface area (Å²) >= 11 is 11.8. The fourth-order valence-corrected chi connectivity index (χ4v) is 1.75. The molecule has 0 aliphatic rings. The Hall–Kier alpha value is -0.770. The van der Waals surface area contributed by atoms with Gasteiger partial charge in [0, 0.05) is 5.02 Å². The molecule has 1 aromatic heterocycles. The van der Waals surface area contributed by atoms with Gasteiger partial charge in [-0.15, -0.1) is 0 Å². The second kappa shape index (κ2) is 3.77. The number of rotatable bonds is 2. The van der Waals surface area contributed by atoms with E-state index in [4.69, 9.17) is 27.6 Å². The number of fused-ring (bicyclic) bond motifs is 1. The van der Waals surface area contributed by atoms with E-state index in [2.05, 4.69) is 10.3 Å². The molecule has 5 heteroatoms. The number of hydrogen-bond acceptors (Lipinski definition) is 3. The molecular formula is C9H8Cl2N2O. The fraction of sp³-hybridized carbons (Fsp3) is 0.222. The van der Waals surface area contributed by atoms with Crippen molar-refractivity contribution in [2.75, 3.05) is 7.05 Å². The van der Waals surface area contributed by atoms with Crippen LogP contribution in [0, 0.1) is 0 Å². The molecule has 0 saturated carbocycles. The molecule has 0 spiro atoms. The molecule has 0 saturated heterocycles. The van der Waals surface area contributed by atoms with E-state index in [0.717, 1.165) is 0 Å². The zero-order valence-electron chi connectivity index (χ0n) is 7.47. The van der Waals surface area contributed by atoms with E-state index in [1.807, 2.05) is 7.05 Å². The zero-order valence-corrected chi connectivity index (χ0v) is 8.99. The minimum Gasteiger partial charge on any atom is -0.438 e. The molecular weight excluding hydrogens is 223 g/mol. The molecule has 14 heavy (non-hydrogen) atoms. The number of nitrogens with one attached hydrogen (secondary N) is 1. The summed E-state index contributed by atoms with van der Waals surface area (Å²) in [5.74, 6) is 0.603. The third kappa shape index (κ3) is 1.71. The molecule has 3 nitrogen and oxygen atoms in total. The van der Waals surface area contributed by atoms with Gasteiger partial charge in [0.25, 0.3) is 0 Å². The van der Waals surface area contributed by atoms with Crippen LogP contribution in [-0.2, 0) is 6.54 Å². The van der Waals surface area contributed by atoms with Crippen LogP contribution in [0.4, 0.5) is 0 Å². The lowest BCUT2D eigenvalue weighted by Gasteiger charge is -1.91. The van der Waals surface area contributed by atoms with Crippen molar-refractivity contribution in [1.29, 1.82) is 0 Å². The van der Waals surface area contributed by atoms with Gasteiger partial charge in [-0.05, 0) is 19.2 Å². The maximum atomic E-state index is 5.94. The molecule has 0 fully saturated rings. The molecule has 0 atom stereocenters. The van der Waals surface area contributed by atoms with Crippen LogP contribution in [-0.4, -0.2) is 12.0 Å². The molecule has 1 heterocycles. The maximum Gasteiger partial charge on any atom is 0.209 e. The Morgan fingerprint density at radius 1 is 1.43 bits per heavy atom. The molecule has 2 aromatic rings. The Labute approximate surface area is 91.0 Å². The van der Waals surface area contributed by atoms with Gasteiger partial charge in [0.15, 0.2) is 5.58 Å². The molecule has 0 aliphatic carbocycles. The molecule has 0 radical (unpaired) electrons. The standard InChI is InChI=1S/C9H8Cl2N2O/c1-12-4-8-13-7-3-5(10)2-6(11)9(7)14-8/h2-3,12H,4H2,1H3. The van der Waals surface area contributed by atoms with Crippen molar-refractivity contribution in [3.8, 4) is 0 Å². The third-order valence-electron chi connectivity index (χ3n) is 1.78. The predicted molar refractivity (Wildman–Crippen MR) is 56.8 cm³/mol. The zero-order chi connectivity index (χ0) is 10.1. The minimum absolute atomic E-state index is 0.488. The second-order valence-corrected chi connectivity index (χ2v) is 3.72. The number of benzene rings is 1. The Balaban J connectivity index is 2.58. The largest absolute Gasteiger partial charge is 0.438 e. The summed E-state index contributed by atoms with van der Waals surface area (Å²) in [5, 5.41) is 4.00. The Kier molecular flexibility index (Phi) is 2.63. The molecule has 1 aromatic carbocycles. The first-order valence-corrected chi connectivity index (χ1v) is 4.85. The highest BCUT2D eigenvalue weighted by atomic mass is 35.5. The van der Waals surface area contributed by atoms with Crippen molar-refractivity contribution in [2.45, 2.75) is 6.54 Å². The molecule has 2 rings (SSSR count). The lowest BCUT2D eigenvalue weighted by molar-refractivity contribution is 0.511. The van der Waals surface area contributed by atoms with E-state index in [-0.39, 0.29) is 0 Å². The molecule has 0 amide bonds. The summed E-state index contributed by atoms with van der Waals surface area (Å²) in [5.41, 5.74) is 1.27. The van der Waals surface area contributed by atoms with Gasteiger partial charge in [-0.2, -0.15) is 0 Å². The van der Waals surface area contributed by atoms with E-state index in [9.17, 15) is 0 Å². The Morgan fingerprint density at radius 2 is 2.21 bits per heavy atom. The molecule has 0 bridgehead atoms. The first-order chi connectivity index (χ1) is 6.70. The normalized spacial score (nSPS) is 11.1. The SMILES string of the molecule is CNCc1nc2cc(Cl)cc(Cl)c2o1. The molecule has 0 aliphatic heterocycles. The van der Waals surface area contributed by atoms with Gasteiger partial charge in [-0.25, -0.2) is 4.98 Å². The average molecular weight is 231 g/mol. The number of oxazole rings is 1. The lowest BCUT2D eigenvalue weighted by Crippen LogP contribution is -2.04. The average Bonchev–Trinajstić information content (AvgIpc) is 2.48. The highest BCUT2D eigenvalue weighted by Gasteiger charge is 2.09. The summed E-state index contributed by atoms with van der Waals surface area (Å²) < 4.78 is 5.43. The second-order valence-electron chi connectivity index (χ2n) is 2.87. The number of nitrogens with zero attached hydrogens (tertiary/aromatic N) is 1. The highest BCUT2D eigenvalue weighted by Crippen LogP contribution is 2.28. The minimum atomic E-state index is 0.488. The van der Waals surface area contributed by atoms with Crippen molar-refractivity contribution in [2.24, 2.45) is 0 Å². The van der Waals surface area contributed by atoms with Crippen molar-refractivity contribution in [1.82, 2.24) is 10.3 Å². The van der Waals surface area contributed by atoms with E-state index >= 15 is 0 Å². The molecule has 74 valence electrons. The van der Waals surface area contributed by atoms with Crippen molar-refractivity contribution in [3.63, 3.8) is 0 Å². The predicted octanol–water partition coefficient (Wildman–Crippen LogP) is 2.85. The van der Waals surface area contributed by atoms with Crippen LogP contribution in [0.5, 0.6) is 0 Å². The summed E-state index contributed by atoms with van der Waals surface area (Å²) in [4.78, 5) is 4.23. The Bertz CT molecular complexity index is 467. The van der Waals surface area contributed by atoms with E-state index in [0.29, 0.717) is 33.6 Å². The first-order valence-electron chi connectivity index (χ1n) is 4.10. The van der Waals surface area contributed by atoms with Crippen molar-refractivity contribution < 1.29 is 4.42 Å². The van der Waals surface area contributed by atoms with Crippen molar-refractivity contribution >= 4 is 34.3 Å². The summed E-state index contributed by atoms with van der Waals surface area (Å²) in [6.07, 6.45) is 0. The van der Waals surface area contributed by atoms with E-state index in [1.165, 1.54) is 0 Å². The quantitative estimate of drug-likeness (QED) is 0.863. The van der Waals surface area contributed by atoms with Gasteiger partial charge in [0.2, 0.25) is 5.89 Å². The summed E-state index contributed by atoms with van der Waals surface area (Å²) in [7, 11) is 1.82. The maximum absolute atomic E-state index is 5.94. The number of aromatic nitrogens is 1. The first kappa shape index (κ1) is 9.77. The van der Waals surface area contributed by atoms with Gasteiger partial charge in [0.1, 0.15) is 5.52 Å². The topological polar surface area (TPSA) is 38.1 Å². The van der Waals surface area contributed by atoms with Crippen LogP contribution in [0.15, 0.2) is 16.5 Å². The van der Waals surface area contributed by atoms with Crippen LogP contribution in [0.1, 0.15) is 5.89 Å². The van der Waals surface area contributed by atoms with Crippen LogP contribution in [0.2, 0.25) is 10.0 Å².